The number of carboxylic acid groups (broad SMARTS) is 1. The third-order valence-electron chi connectivity index (χ3n) is 3.29. The molecule has 1 fully saturated rings. The van der Waals surface area contributed by atoms with Gasteiger partial charge in [-0.05, 0) is 19.9 Å². The molecule has 0 spiro atoms. The lowest BCUT2D eigenvalue weighted by Gasteiger charge is -2.31. The highest BCUT2D eigenvalue weighted by atomic mass is 19.3. The molecule has 2 unspecified atom stereocenters. The van der Waals surface area contributed by atoms with Gasteiger partial charge in [-0.3, -0.25) is 9.69 Å². The van der Waals surface area contributed by atoms with E-state index in [1.165, 1.54) is 4.90 Å². The predicted molar refractivity (Wildman–Crippen MR) is 56.6 cm³/mol. The molecule has 1 saturated carbocycles. The summed E-state index contributed by atoms with van der Waals surface area (Å²) in [4.78, 5) is 12.6. The number of carboxylic acids is 1. The summed E-state index contributed by atoms with van der Waals surface area (Å²) in [5.41, 5.74) is 0. The van der Waals surface area contributed by atoms with E-state index >= 15 is 0 Å². The normalized spacial score (nSPS) is 27.1. The highest BCUT2D eigenvalue weighted by Crippen LogP contribution is 2.27. The number of carbonyl (C=O) groups is 1. The van der Waals surface area contributed by atoms with Crippen LogP contribution in [0.15, 0.2) is 0 Å². The lowest BCUT2D eigenvalue weighted by Crippen LogP contribution is -2.42. The number of hydrogen-bond acceptors (Lipinski definition) is 2. The molecule has 0 radical (unpaired) electrons. The standard InChI is InChI=1S/C11H19F2NO2/c1-14(7-10(12)13)9-6-4-2-3-5-8(9)11(15)16/h8-10H,2-7H2,1H3,(H,15,16). The molecule has 0 amide bonds. The molecule has 2 atom stereocenters. The zero-order valence-electron chi connectivity index (χ0n) is 9.53. The zero-order valence-corrected chi connectivity index (χ0v) is 9.53. The van der Waals surface area contributed by atoms with Gasteiger partial charge in [-0.25, -0.2) is 8.78 Å². The van der Waals surface area contributed by atoms with Gasteiger partial charge in [-0.15, -0.1) is 0 Å². The van der Waals surface area contributed by atoms with Gasteiger partial charge in [0.2, 0.25) is 0 Å². The average Bonchev–Trinajstić information content (AvgIpc) is 2.40. The summed E-state index contributed by atoms with van der Waals surface area (Å²) in [5.74, 6) is -1.35. The third-order valence-corrected chi connectivity index (χ3v) is 3.29. The van der Waals surface area contributed by atoms with Gasteiger partial charge in [0.25, 0.3) is 6.43 Å². The minimum Gasteiger partial charge on any atom is -0.481 e. The molecule has 0 aliphatic heterocycles. The van der Waals surface area contributed by atoms with E-state index in [0.717, 1.165) is 19.3 Å². The van der Waals surface area contributed by atoms with Gasteiger partial charge in [-0.1, -0.05) is 19.3 Å². The molecule has 16 heavy (non-hydrogen) atoms. The van der Waals surface area contributed by atoms with Crippen LogP contribution in [-0.4, -0.2) is 42.0 Å². The second kappa shape index (κ2) is 6.13. The number of alkyl halides is 2. The maximum absolute atomic E-state index is 12.3. The van der Waals surface area contributed by atoms with Crippen LogP contribution in [0.2, 0.25) is 0 Å². The minimum absolute atomic E-state index is 0.242. The summed E-state index contributed by atoms with van der Waals surface area (Å²) in [7, 11) is 1.60. The third kappa shape index (κ3) is 3.70. The second-order valence-corrected chi connectivity index (χ2v) is 4.48. The Bertz CT molecular complexity index is 236. The molecule has 0 aromatic heterocycles. The number of hydrogen-bond donors (Lipinski definition) is 1. The van der Waals surface area contributed by atoms with Gasteiger partial charge < -0.3 is 5.11 Å². The van der Waals surface area contributed by atoms with Crippen molar-refractivity contribution >= 4 is 5.97 Å². The molecule has 1 rings (SSSR count). The molecule has 1 aliphatic rings. The van der Waals surface area contributed by atoms with Crippen molar-refractivity contribution in [3.8, 4) is 0 Å². The van der Waals surface area contributed by atoms with E-state index in [9.17, 15) is 13.6 Å². The first-order valence-corrected chi connectivity index (χ1v) is 5.73. The van der Waals surface area contributed by atoms with E-state index in [4.69, 9.17) is 5.11 Å². The Hall–Kier alpha value is -0.710. The molecular formula is C11H19F2NO2. The largest absolute Gasteiger partial charge is 0.481 e. The molecular weight excluding hydrogens is 216 g/mol. The maximum Gasteiger partial charge on any atom is 0.308 e. The molecule has 3 nitrogen and oxygen atoms in total. The van der Waals surface area contributed by atoms with Crippen LogP contribution in [0.1, 0.15) is 32.1 Å². The van der Waals surface area contributed by atoms with Crippen molar-refractivity contribution in [2.45, 2.75) is 44.6 Å². The Morgan fingerprint density at radius 3 is 2.56 bits per heavy atom. The van der Waals surface area contributed by atoms with Gasteiger partial charge in [0.1, 0.15) is 0 Å². The van der Waals surface area contributed by atoms with Crippen molar-refractivity contribution in [1.82, 2.24) is 4.90 Å². The van der Waals surface area contributed by atoms with Crippen molar-refractivity contribution < 1.29 is 18.7 Å². The van der Waals surface area contributed by atoms with E-state index in [-0.39, 0.29) is 12.6 Å². The molecule has 94 valence electrons. The highest BCUT2D eigenvalue weighted by molar-refractivity contribution is 5.70. The maximum atomic E-state index is 12.3. The Morgan fingerprint density at radius 2 is 2.00 bits per heavy atom. The first-order valence-electron chi connectivity index (χ1n) is 5.73. The fourth-order valence-electron chi connectivity index (χ4n) is 2.46. The summed E-state index contributed by atoms with van der Waals surface area (Å²) in [6.07, 6.45) is 1.73. The fraction of sp³-hybridized carbons (Fsp3) is 0.909. The lowest BCUT2D eigenvalue weighted by atomic mass is 9.94. The molecule has 5 heteroatoms. The Kier molecular flexibility index (Phi) is 5.12. The molecule has 0 aromatic carbocycles. The quantitative estimate of drug-likeness (QED) is 0.759. The predicted octanol–water partition coefficient (Wildman–Crippen LogP) is 2.22. The van der Waals surface area contributed by atoms with E-state index in [2.05, 4.69) is 0 Å². The van der Waals surface area contributed by atoms with Crippen LogP contribution in [-0.2, 0) is 4.79 Å². The van der Waals surface area contributed by atoms with Crippen LogP contribution >= 0.6 is 0 Å². The van der Waals surface area contributed by atoms with Crippen LogP contribution in [0.5, 0.6) is 0 Å². The Morgan fingerprint density at radius 1 is 1.38 bits per heavy atom. The van der Waals surface area contributed by atoms with Crippen molar-refractivity contribution in [3.63, 3.8) is 0 Å². The van der Waals surface area contributed by atoms with Crippen molar-refractivity contribution in [2.75, 3.05) is 13.6 Å². The number of nitrogens with zero attached hydrogens (tertiary/aromatic N) is 1. The first-order chi connectivity index (χ1) is 7.52. The number of aliphatic carboxylic acids is 1. The Balaban J connectivity index is 2.66. The van der Waals surface area contributed by atoms with Gasteiger partial charge in [-0.2, -0.15) is 0 Å². The summed E-state index contributed by atoms with van der Waals surface area (Å²) < 4.78 is 24.6. The second-order valence-electron chi connectivity index (χ2n) is 4.48. The summed E-state index contributed by atoms with van der Waals surface area (Å²) >= 11 is 0. The molecule has 0 saturated heterocycles. The van der Waals surface area contributed by atoms with Crippen LogP contribution in [0.3, 0.4) is 0 Å². The van der Waals surface area contributed by atoms with Crippen molar-refractivity contribution in [2.24, 2.45) is 5.92 Å². The molecule has 1 N–H and O–H groups in total. The van der Waals surface area contributed by atoms with E-state index in [1.54, 1.807) is 7.05 Å². The number of rotatable bonds is 4. The van der Waals surface area contributed by atoms with Gasteiger partial charge in [0, 0.05) is 6.04 Å². The number of halogens is 2. The van der Waals surface area contributed by atoms with Crippen LogP contribution < -0.4 is 0 Å². The molecule has 0 aromatic rings. The van der Waals surface area contributed by atoms with Crippen LogP contribution in [0, 0.1) is 5.92 Å². The van der Waals surface area contributed by atoms with Crippen LogP contribution in [0.25, 0.3) is 0 Å². The Labute approximate surface area is 94.4 Å². The van der Waals surface area contributed by atoms with E-state index < -0.39 is 18.3 Å². The minimum atomic E-state index is -2.40. The highest BCUT2D eigenvalue weighted by Gasteiger charge is 2.32. The first kappa shape index (κ1) is 13.4. The summed E-state index contributed by atoms with van der Waals surface area (Å²) in [6, 6.07) is -0.242. The molecule has 0 heterocycles. The SMILES string of the molecule is CN(CC(F)F)C1CCCCCC1C(=O)O. The van der Waals surface area contributed by atoms with E-state index in [1.807, 2.05) is 0 Å². The van der Waals surface area contributed by atoms with Crippen molar-refractivity contribution in [3.05, 3.63) is 0 Å². The summed E-state index contributed by atoms with van der Waals surface area (Å²) in [5, 5.41) is 9.10. The monoisotopic (exact) mass is 235 g/mol. The molecule has 1 aliphatic carbocycles. The van der Waals surface area contributed by atoms with Gasteiger partial charge in [0.15, 0.2) is 0 Å². The van der Waals surface area contributed by atoms with Crippen LogP contribution in [0.4, 0.5) is 8.78 Å². The fourth-order valence-corrected chi connectivity index (χ4v) is 2.46. The van der Waals surface area contributed by atoms with Crippen molar-refractivity contribution in [1.29, 1.82) is 0 Å². The zero-order chi connectivity index (χ0) is 12.1. The topological polar surface area (TPSA) is 40.5 Å². The van der Waals surface area contributed by atoms with E-state index in [0.29, 0.717) is 12.8 Å². The average molecular weight is 235 g/mol. The van der Waals surface area contributed by atoms with Gasteiger partial charge in [0.05, 0.1) is 12.5 Å². The lowest BCUT2D eigenvalue weighted by molar-refractivity contribution is -0.144. The molecule has 0 bridgehead atoms. The smallest absolute Gasteiger partial charge is 0.308 e. The summed E-state index contributed by atoms with van der Waals surface area (Å²) in [6.45, 7) is -0.339. The van der Waals surface area contributed by atoms with Gasteiger partial charge >= 0.3 is 5.97 Å².